The molecule has 0 aromatic heterocycles. The number of methoxy groups -OCH3 is 2. The van der Waals surface area contributed by atoms with E-state index < -0.39 is 0 Å². The zero-order valence-electron chi connectivity index (χ0n) is 11.2. The van der Waals surface area contributed by atoms with E-state index in [2.05, 4.69) is 0 Å². The second kappa shape index (κ2) is 6.15. The minimum atomic E-state index is -0.0443. The summed E-state index contributed by atoms with van der Waals surface area (Å²) < 4.78 is 10.8. The molecule has 0 radical (unpaired) electrons. The molecule has 0 N–H and O–H groups in total. The van der Waals surface area contributed by atoms with Crippen LogP contribution in [0.2, 0.25) is 0 Å². The van der Waals surface area contributed by atoms with Crippen molar-refractivity contribution in [1.82, 2.24) is 4.90 Å². The van der Waals surface area contributed by atoms with Gasteiger partial charge in [0, 0.05) is 6.54 Å². The van der Waals surface area contributed by atoms with Crippen LogP contribution in [0.1, 0.15) is 24.4 Å². The summed E-state index contributed by atoms with van der Waals surface area (Å²) in [5, 5.41) is 0. The van der Waals surface area contributed by atoms with Gasteiger partial charge in [-0.15, -0.1) is 11.6 Å². The Morgan fingerprint density at radius 2 is 2.00 bits per heavy atom. The van der Waals surface area contributed by atoms with Crippen molar-refractivity contribution in [1.29, 1.82) is 0 Å². The Hall–Kier alpha value is -1.42. The topological polar surface area (TPSA) is 38.8 Å². The van der Waals surface area contributed by atoms with Crippen LogP contribution in [0.4, 0.5) is 0 Å². The number of rotatable bonds is 4. The molecule has 1 amide bonds. The lowest BCUT2D eigenvalue weighted by molar-refractivity contribution is -0.129. The van der Waals surface area contributed by atoms with Gasteiger partial charge >= 0.3 is 0 Å². The lowest BCUT2D eigenvalue weighted by atomic mass is 10.0. The number of benzene rings is 1. The fraction of sp³-hybridized carbons (Fsp3) is 0.500. The van der Waals surface area contributed by atoms with E-state index in [0.717, 1.165) is 36.4 Å². The van der Waals surface area contributed by atoms with Gasteiger partial charge in [0.25, 0.3) is 0 Å². The van der Waals surface area contributed by atoms with Crippen molar-refractivity contribution in [3.8, 4) is 11.5 Å². The van der Waals surface area contributed by atoms with Crippen molar-refractivity contribution in [2.24, 2.45) is 0 Å². The minimum Gasteiger partial charge on any atom is -0.496 e. The number of nitrogens with zero attached hydrogens (tertiary/aromatic N) is 1. The maximum Gasteiger partial charge on any atom is 0.238 e. The zero-order valence-corrected chi connectivity index (χ0v) is 11.9. The lowest BCUT2D eigenvalue weighted by Crippen LogP contribution is -2.31. The van der Waals surface area contributed by atoms with Crippen LogP contribution in [0, 0.1) is 0 Å². The largest absolute Gasteiger partial charge is 0.496 e. The van der Waals surface area contributed by atoms with Gasteiger partial charge in [0.1, 0.15) is 17.4 Å². The molecule has 0 bridgehead atoms. The lowest BCUT2D eigenvalue weighted by Gasteiger charge is -2.27. The summed E-state index contributed by atoms with van der Waals surface area (Å²) in [5.74, 6) is 1.46. The van der Waals surface area contributed by atoms with Crippen molar-refractivity contribution in [3.05, 3.63) is 23.8 Å². The average molecular weight is 284 g/mol. The molecule has 2 rings (SSSR count). The highest BCUT2D eigenvalue weighted by Crippen LogP contribution is 2.42. The Morgan fingerprint density at radius 1 is 1.37 bits per heavy atom. The molecule has 104 valence electrons. The van der Waals surface area contributed by atoms with Crippen LogP contribution in [0.15, 0.2) is 18.2 Å². The highest BCUT2D eigenvalue weighted by atomic mass is 35.5. The summed E-state index contributed by atoms with van der Waals surface area (Å²) in [5.41, 5.74) is 0.934. The van der Waals surface area contributed by atoms with Gasteiger partial charge in [0.15, 0.2) is 0 Å². The molecule has 1 aromatic rings. The van der Waals surface area contributed by atoms with Crippen LogP contribution in [-0.4, -0.2) is 37.5 Å². The van der Waals surface area contributed by atoms with Gasteiger partial charge in [-0.3, -0.25) is 4.79 Å². The number of hydrogen-bond donors (Lipinski definition) is 0. The summed E-state index contributed by atoms with van der Waals surface area (Å²) in [6.07, 6.45) is 1.87. The van der Waals surface area contributed by atoms with Gasteiger partial charge in [-0.1, -0.05) is 6.07 Å². The molecule has 1 aliphatic rings. The molecule has 4 nitrogen and oxygen atoms in total. The van der Waals surface area contributed by atoms with Gasteiger partial charge in [-0.05, 0) is 25.0 Å². The molecule has 1 atom stereocenters. The Kier molecular flexibility index (Phi) is 4.53. The molecule has 1 unspecified atom stereocenters. The quantitative estimate of drug-likeness (QED) is 0.798. The zero-order chi connectivity index (χ0) is 13.8. The number of carbonyl (C=O) groups excluding carboxylic acids is 1. The van der Waals surface area contributed by atoms with Gasteiger partial charge in [0.05, 0.1) is 25.8 Å². The first-order chi connectivity index (χ1) is 9.22. The first kappa shape index (κ1) is 14.0. The Balaban J connectivity index is 2.42. The molecule has 1 fully saturated rings. The number of carbonyl (C=O) groups is 1. The van der Waals surface area contributed by atoms with Gasteiger partial charge in [-0.25, -0.2) is 0 Å². The maximum absolute atomic E-state index is 11.9. The van der Waals surface area contributed by atoms with Crippen LogP contribution >= 0.6 is 11.6 Å². The number of hydrogen-bond acceptors (Lipinski definition) is 3. The normalized spacial score (nSPS) is 18.5. The van der Waals surface area contributed by atoms with Crippen molar-refractivity contribution >= 4 is 17.5 Å². The third-order valence-corrected chi connectivity index (χ3v) is 3.72. The predicted octanol–water partition coefficient (Wildman–Crippen LogP) is 2.61. The monoisotopic (exact) mass is 283 g/mol. The fourth-order valence-electron chi connectivity index (χ4n) is 2.65. The maximum atomic E-state index is 11.9. The van der Waals surface area contributed by atoms with E-state index in [1.165, 1.54) is 0 Å². The van der Waals surface area contributed by atoms with Gasteiger partial charge in [-0.2, -0.15) is 0 Å². The molecule has 1 saturated heterocycles. The van der Waals surface area contributed by atoms with Crippen molar-refractivity contribution in [2.45, 2.75) is 18.9 Å². The summed E-state index contributed by atoms with van der Waals surface area (Å²) in [6, 6.07) is 5.64. The van der Waals surface area contributed by atoms with Crippen LogP contribution in [0.25, 0.3) is 0 Å². The van der Waals surface area contributed by atoms with E-state index in [-0.39, 0.29) is 17.8 Å². The summed E-state index contributed by atoms with van der Waals surface area (Å²) in [4.78, 5) is 13.7. The summed E-state index contributed by atoms with van der Waals surface area (Å²) in [6.45, 7) is 0.734. The number of amides is 1. The number of ether oxygens (including phenoxy) is 2. The molecule has 1 heterocycles. The highest BCUT2D eigenvalue weighted by molar-refractivity contribution is 6.27. The van der Waals surface area contributed by atoms with Gasteiger partial charge in [0.2, 0.25) is 5.91 Å². The number of likely N-dealkylation sites (tertiary alicyclic amines) is 1. The third kappa shape index (κ3) is 2.63. The molecule has 1 aromatic carbocycles. The Morgan fingerprint density at radius 3 is 2.53 bits per heavy atom. The summed E-state index contributed by atoms with van der Waals surface area (Å²) in [7, 11) is 3.25. The van der Waals surface area contributed by atoms with Crippen LogP contribution in [0.3, 0.4) is 0 Å². The molecule has 0 aliphatic carbocycles. The molecule has 0 spiro atoms. The molecule has 0 saturated carbocycles. The van der Waals surface area contributed by atoms with Crippen molar-refractivity contribution in [2.75, 3.05) is 26.6 Å². The van der Waals surface area contributed by atoms with Crippen LogP contribution < -0.4 is 9.47 Å². The molecule has 1 aliphatic heterocycles. The first-order valence-electron chi connectivity index (χ1n) is 6.29. The standard InChI is InChI=1S/C14H18ClNO3/c1-18-11-6-3-7-12(19-2)14(11)10-5-4-8-16(10)13(17)9-15/h3,6-7,10H,4-5,8-9H2,1-2H3. The average Bonchev–Trinajstić information content (AvgIpc) is 2.94. The Labute approximate surface area is 118 Å². The Bertz CT molecular complexity index is 442. The number of alkyl halides is 1. The minimum absolute atomic E-state index is 0.00790. The second-order valence-corrected chi connectivity index (χ2v) is 4.72. The van der Waals surface area contributed by atoms with E-state index in [4.69, 9.17) is 21.1 Å². The second-order valence-electron chi connectivity index (χ2n) is 4.45. The van der Waals surface area contributed by atoms with E-state index in [1.54, 1.807) is 14.2 Å². The van der Waals surface area contributed by atoms with E-state index in [9.17, 15) is 4.79 Å². The first-order valence-corrected chi connectivity index (χ1v) is 6.82. The van der Waals surface area contributed by atoms with Crippen LogP contribution in [-0.2, 0) is 4.79 Å². The molecular weight excluding hydrogens is 266 g/mol. The fourth-order valence-corrected chi connectivity index (χ4v) is 2.80. The number of halogens is 1. The molecule has 5 heteroatoms. The predicted molar refractivity (Wildman–Crippen MR) is 74.0 cm³/mol. The SMILES string of the molecule is COc1cccc(OC)c1C1CCCN1C(=O)CCl. The van der Waals surface area contributed by atoms with Gasteiger partial charge < -0.3 is 14.4 Å². The third-order valence-electron chi connectivity index (χ3n) is 3.49. The van der Waals surface area contributed by atoms with Crippen molar-refractivity contribution < 1.29 is 14.3 Å². The van der Waals surface area contributed by atoms with Crippen molar-refractivity contribution in [3.63, 3.8) is 0 Å². The smallest absolute Gasteiger partial charge is 0.238 e. The highest BCUT2D eigenvalue weighted by Gasteiger charge is 2.33. The van der Waals surface area contributed by atoms with E-state index in [1.807, 2.05) is 23.1 Å². The summed E-state index contributed by atoms with van der Waals surface area (Å²) >= 11 is 5.68. The molecular formula is C14H18ClNO3. The van der Waals surface area contributed by atoms with E-state index in [0.29, 0.717) is 0 Å². The van der Waals surface area contributed by atoms with Crippen LogP contribution in [0.5, 0.6) is 11.5 Å². The molecule has 19 heavy (non-hydrogen) atoms. The van der Waals surface area contributed by atoms with E-state index >= 15 is 0 Å².